The Morgan fingerprint density at radius 2 is 1.68 bits per heavy atom. The van der Waals surface area contributed by atoms with Crippen LogP contribution in [-0.4, -0.2) is 12.0 Å². The minimum atomic E-state index is 0.501. The van der Waals surface area contributed by atoms with Gasteiger partial charge in [0.15, 0.2) is 0 Å². The van der Waals surface area contributed by atoms with Gasteiger partial charge in [-0.3, -0.25) is 0 Å². The average Bonchev–Trinajstić information content (AvgIpc) is 2.36. The summed E-state index contributed by atoms with van der Waals surface area (Å²) in [6.45, 7) is 6.29. The number of hydrogen-bond acceptors (Lipinski definition) is 2. The second kappa shape index (κ2) is 5.62. The van der Waals surface area contributed by atoms with Gasteiger partial charge in [-0.1, -0.05) is 6.07 Å². The highest BCUT2D eigenvalue weighted by molar-refractivity contribution is 6.17. The topological polar surface area (TPSA) is 16.1 Å². The van der Waals surface area contributed by atoms with Crippen LogP contribution in [-0.2, 0) is 5.88 Å². The number of alkyl halides is 1. The molecule has 0 atom stereocenters. The molecule has 0 aliphatic carbocycles. The third-order valence-electron chi connectivity index (χ3n) is 3.17. The third kappa shape index (κ3) is 3.07. The molecule has 0 N–H and O–H groups in total. The first-order valence-electron chi connectivity index (χ1n) is 6.35. The van der Waals surface area contributed by atoms with Crippen LogP contribution in [0.3, 0.4) is 0 Å². The normalized spacial score (nSPS) is 10.6. The molecule has 1 aromatic carbocycles. The molecule has 2 nitrogen and oxygen atoms in total. The Hall–Kier alpha value is -1.54. The lowest BCUT2D eigenvalue weighted by Crippen LogP contribution is -2.13. The van der Waals surface area contributed by atoms with Crippen LogP contribution in [0.25, 0.3) is 0 Å². The molecular weight excluding hydrogens is 256 g/mol. The van der Waals surface area contributed by atoms with E-state index >= 15 is 0 Å². The van der Waals surface area contributed by atoms with Crippen molar-refractivity contribution >= 4 is 23.1 Å². The summed E-state index contributed by atoms with van der Waals surface area (Å²) in [5.41, 5.74) is 5.87. The number of hydrogen-bond donors (Lipinski definition) is 0. The van der Waals surface area contributed by atoms with Crippen molar-refractivity contribution in [3.63, 3.8) is 0 Å². The quantitative estimate of drug-likeness (QED) is 0.766. The largest absolute Gasteiger partial charge is 0.329 e. The summed E-state index contributed by atoms with van der Waals surface area (Å²) in [7, 11) is 2.05. The molecule has 0 unspecified atom stereocenters. The molecule has 19 heavy (non-hydrogen) atoms. The van der Waals surface area contributed by atoms with E-state index in [2.05, 4.69) is 54.9 Å². The van der Waals surface area contributed by atoms with Gasteiger partial charge in [0.25, 0.3) is 0 Å². The van der Waals surface area contributed by atoms with Gasteiger partial charge in [-0.05, 0) is 61.2 Å². The molecule has 2 aromatic rings. The van der Waals surface area contributed by atoms with Gasteiger partial charge in [-0.15, -0.1) is 11.6 Å². The predicted octanol–water partition coefficient (Wildman–Crippen LogP) is 4.51. The van der Waals surface area contributed by atoms with Crippen LogP contribution in [0.2, 0.25) is 0 Å². The minimum absolute atomic E-state index is 0.501. The number of nitrogens with zero attached hydrogens (tertiary/aromatic N) is 2. The van der Waals surface area contributed by atoms with E-state index < -0.39 is 0 Å². The van der Waals surface area contributed by atoms with Gasteiger partial charge < -0.3 is 4.90 Å². The zero-order chi connectivity index (χ0) is 14.0. The molecule has 0 fully saturated rings. The Balaban J connectivity index is 2.40. The van der Waals surface area contributed by atoms with Crippen molar-refractivity contribution < 1.29 is 0 Å². The SMILES string of the molecule is Cc1cc(C)cc(N(C)c2ncc(CCl)cc2C)c1. The Kier molecular flexibility index (Phi) is 4.11. The fourth-order valence-electron chi connectivity index (χ4n) is 2.32. The van der Waals surface area contributed by atoms with Gasteiger partial charge in [-0.25, -0.2) is 4.98 Å². The molecule has 2 rings (SSSR count). The van der Waals surface area contributed by atoms with Crippen molar-refractivity contribution in [2.45, 2.75) is 26.7 Å². The van der Waals surface area contributed by atoms with Gasteiger partial charge in [0.05, 0.1) is 0 Å². The maximum atomic E-state index is 5.84. The molecule has 0 aliphatic rings. The summed E-state index contributed by atoms with van der Waals surface area (Å²) in [5.74, 6) is 1.47. The minimum Gasteiger partial charge on any atom is -0.329 e. The number of benzene rings is 1. The predicted molar refractivity (Wildman–Crippen MR) is 82.5 cm³/mol. The van der Waals surface area contributed by atoms with Crippen molar-refractivity contribution in [2.75, 3.05) is 11.9 Å². The molecule has 100 valence electrons. The fraction of sp³-hybridized carbons (Fsp3) is 0.312. The van der Waals surface area contributed by atoms with Crippen LogP contribution in [0.4, 0.5) is 11.5 Å². The molecule has 1 heterocycles. The first-order chi connectivity index (χ1) is 9.01. The standard InChI is InChI=1S/C16H19ClN2/c1-11-5-12(2)7-15(6-11)19(4)16-13(3)8-14(9-17)10-18-16/h5-8,10H,9H2,1-4H3. The van der Waals surface area contributed by atoms with E-state index in [4.69, 9.17) is 11.6 Å². The number of halogens is 1. The maximum Gasteiger partial charge on any atom is 0.135 e. The second-order valence-electron chi connectivity index (χ2n) is 5.02. The van der Waals surface area contributed by atoms with Crippen LogP contribution in [0.5, 0.6) is 0 Å². The lowest BCUT2D eigenvalue weighted by Gasteiger charge is -2.21. The van der Waals surface area contributed by atoms with Gasteiger partial charge in [0, 0.05) is 24.8 Å². The van der Waals surface area contributed by atoms with Crippen molar-refractivity contribution in [1.29, 1.82) is 0 Å². The lowest BCUT2D eigenvalue weighted by atomic mass is 10.1. The zero-order valence-corrected chi connectivity index (χ0v) is 12.6. The van der Waals surface area contributed by atoms with Crippen molar-refractivity contribution in [3.8, 4) is 0 Å². The summed E-state index contributed by atoms with van der Waals surface area (Å²) in [4.78, 5) is 6.64. The van der Waals surface area contributed by atoms with Gasteiger partial charge >= 0.3 is 0 Å². The molecule has 0 bridgehead atoms. The van der Waals surface area contributed by atoms with Crippen LogP contribution in [0, 0.1) is 20.8 Å². The number of aromatic nitrogens is 1. The first kappa shape index (κ1) is 13.9. The molecule has 0 saturated heterocycles. The Morgan fingerprint density at radius 3 is 2.21 bits per heavy atom. The van der Waals surface area contributed by atoms with E-state index in [0.29, 0.717) is 5.88 Å². The number of aryl methyl sites for hydroxylation is 3. The third-order valence-corrected chi connectivity index (χ3v) is 3.48. The summed E-state index contributed by atoms with van der Waals surface area (Å²) in [6, 6.07) is 8.61. The smallest absolute Gasteiger partial charge is 0.135 e. The van der Waals surface area contributed by atoms with Crippen LogP contribution >= 0.6 is 11.6 Å². The molecule has 0 radical (unpaired) electrons. The number of pyridine rings is 1. The molecule has 1 aromatic heterocycles. The fourth-order valence-corrected chi connectivity index (χ4v) is 2.46. The van der Waals surface area contributed by atoms with Crippen LogP contribution in [0.1, 0.15) is 22.3 Å². The second-order valence-corrected chi connectivity index (χ2v) is 5.29. The summed E-state index contributed by atoms with van der Waals surface area (Å²) < 4.78 is 0. The summed E-state index contributed by atoms with van der Waals surface area (Å²) in [6.07, 6.45) is 1.84. The maximum absolute atomic E-state index is 5.84. The zero-order valence-electron chi connectivity index (χ0n) is 11.9. The van der Waals surface area contributed by atoms with E-state index in [0.717, 1.165) is 22.6 Å². The number of anilines is 2. The van der Waals surface area contributed by atoms with Crippen molar-refractivity contribution in [1.82, 2.24) is 4.98 Å². The Morgan fingerprint density at radius 1 is 1.05 bits per heavy atom. The highest BCUT2D eigenvalue weighted by Gasteiger charge is 2.10. The van der Waals surface area contributed by atoms with E-state index in [-0.39, 0.29) is 0 Å². The van der Waals surface area contributed by atoms with Crippen LogP contribution in [0.15, 0.2) is 30.5 Å². The van der Waals surface area contributed by atoms with E-state index in [1.54, 1.807) is 0 Å². The number of rotatable bonds is 3. The van der Waals surface area contributed by atoms with Gasteiger partial charge in [0.2, 0.25) is 0 Å². The summed E-state index contributed by atoms with van der Waals surface area (Å²) >= 11 is 5.84. The highest BCUT2D eigenvalue weighted by atomic mass is 35.5. The molecule has 0 aliphatic heterocycles. The first-order valence-corrected chi connectivity index (χ1v) is 6.88. The average molecular weight is 275 g/mol. The Labute approximate surface area is 120 Å². The summed E-state index contributed by atoms with van der Waals surface area (Å²) in [5, 5.41) is 0. The van der Waals surface area contributed by atoms with Gasteiger partial charge in [-0.2, -0.15) is 0 Å². The Bertz CT molecular complexity index is 573. The van der Waals surface area contributed by atoms with Gasteiger partial charge in [0.1, 0.15) is 5.82 Å². The lowest BCUT2D eigenvalue weighted by molar-refractivity contribution is 1.08. The van der Waals surface area contributed by atoms with E-state index in [1.807, 2.05) is 13.2 Å². The molecule has 0 spiro atoms. The van der Waals surface area contributed by atoms with Crippen molar-refractivity contribution in [2.24, 2.45) is 0 Å². The molecule has 3 heteroatoms. The van der Waals surface area contributed by atoms with Crippen molar-refractivity contribution in [3.05, 3.63) is 52.7 Å². The van der Waals surface area contributed by atoms with Crippen LogP contribution < -0.4 is 4.90 Å². The molecule has 0 saturated carbocycles. The van der Waals surface area contributed by atoms with E-state index in [9.17, 15) is 0 Å². The van der Waals surface area contributed by atoms with E-state index in [1.165, 1.54) is 11.1 Å². The molecular formula is C16H19ClN2. The molecule has 0 amide bonds. The highest BCUT2D eigenvalue weighted by Crippen LogP contribution is 2.27. The monoisotopic (exact) mass is 274 g/mol.